The predicted octanol–water partition coefficient (Wildman–Crippen LogP) is 2.35. The number of nitrogens with one attached hydrogen (secondary N) is 3. The van der Waals surface area contributed by atoms with Crippen molar-refractivity contribution >= 4 is 44.3 Å². The number of anilines is 1. The Kier molecular flexibility index (Phi) is 4.80. The minimum atomic E-state index is -0.519. The van der Waals surface area contributed by atoms with Crippen molar-refractivity contribution in [1.82, 2.24) is 30.2 Å². The SMILES string of the molecule is O=C1NCCNC[C@@H]1Nc1nc2cccc(Br)c2c2nc(-c3cccc(F)c3)nn12. The van der Waals surface area contributed by atoms with Gasteiger partial charge in [-0.1, -0.05) is 18.2 Å². The summed E-state index contributed by atoms with van der Waals surface area (Å²) in [6, 6.07) is 11.2. The fourth-order valence-electron chi connectivity index (χ4n) is 3.46. The van der Waals surface area contributed by atoms with Gasteiger partial charge in [0.25, 0.3) is 0 Å². The molecule has 4 aromatic rings. The van der Waals surface area contributed by atoms with E-state index in [-0.39, 0.29) is 11.7 Å². The van der Waals surface area contributed by atoms with Crippen molar-refractivity contribution in [2.45, 2.75) is 6.04 Å². The molecular weight excluding hydrogens is 453 g/mol. The summed E-state index contributed by atoms with van der Waals surface area (Å²) in [6.07, 6.45) is 0. The molecule has 5 rings (SSSR count). The van der Waals surface area contributed by atoms with E-state index in [1.165, 1.54) is 12.1 Å². The van der Waals surface area contributed by atoms with Gasteiger partial charge in [0.1, 0.15) is 11.9 Å². The Morgan fingerprint density at radius 2 is 2.03 bits per heavy atom. The van der Waals surface area contributed by atoms with Gasteiger partial charge in [-0.15, -0.1) is 5.10 Å². The average molecular weight is 470 g/mol. The number of nitrogens with zero attached hydrogens (tertiary/aromatic N) is 4. The standard InChI is InChI=1S/C20H17BrFN7O/c21-13-5-2-6-14-16(13)18-27-17(11-3-1-4-12(22)9-11)28-29(18)20(25-14)26-15-10-23-7-8-24-19(15)30/h1-6,9,15,23H,7-8,10H2,(H,24,30)(H,25,26)/t15-/m0/s1. The third-order valence-corrected chi connectivity index (χ3v) is 5.56. The molecule has 0 spiro atoms. The molecule has 1 aliphatic rings. The molecule has 1 fully saturated rings. The third-order valence-electron chi connectivity index (χ3n) is 4.90. The van der Waals surface area contributed by atoms with Gasteiger partial charge in [-0.25, -0.2) is 14.4 Å². The second-order valence-electron chi connectivity index (χ2n) is 6.94. The number of halogens is 2. The van der Waals surface area contributed by atoms with Crippen LogP contribution in [0.15, 0.2) is 46.9 Å². The van der Waals surface area contributed by atoms with Crippen LogP contribution in [0.1, 0.15) is 0 Å². The minimum Gasteiger partial charge on any atom is -0.353 e. The van der Waals surface area contributed by atoms with Crippen molar-refractivity contribution in [2.75, 3.05) is 25.0 Å². The highest BCUT2D eigenvalue weighted by Crippen LogP contribution is 2.30. The van der Waals surface area contributed by atoms with Crippen molar-refractivity contribution < 1.29 is 9.18 Å². The zero-order valence-corrected chi connectivity index (χ0v) is 17.3. The Bertz CT molecular complexity index is 1270. The molecule has 1 saturated heterocycles. The van der Waals surface area contributed by atoms with Gasteiger partial charge in [-0.05, 0) is 40.2 Å². The van der Waals surface area contributed by atoms with Gasteiger partial charge in [0, 0.05) is 29.7 Å². The number of hydrogen-bond acceptors (Lipinski definition) is 6. The smallest absolute Gasteiger partial charge is 0.243 e. The van der Waals surface area contributed by atoms with Gasteiger partial charge in [0.2, 0.25) is 11.9 Å². The minimum absolute atomic E-state index is 0.116. The zero-order valence-electron chi connectivity index (χ0n) is 15.7. The molecule has 2 aromatic heterocycles. The lowest BCUT2D eigenvalue weighted by Crippen LogP contribution is -2.42. The van der Waals surface area contributed by atoms with Gasteiger partial charge >= 0.3 is 0 Å². The molecule has 3 heterocycles. The first kappa shape index (κ1) is 18.9. The van der Waals surface area contributed by atoms with Crippen molar-refractivity contribution in [3.63, 3.8) is 0 Å². The predicted molar refractivity (Wildman–Crippen MR) is 115 cm³/mol. The molecule has 0 unspecified atom stereocenters. The fourth-order valence-corrected chi connectivity index (χ4v) is 4.00. The summed E-state index contributed by atoms with van der Waals surface area (Å²) in [7, 11) is 0. The van der Waals surface area contributed by atoms with E-state index in [1.807, 2.05) is 18.2 Å². The first-order valence-electron chi connectivity index (χ1n) is 9.46. The summed E-state index contributed by atoms with van der Waals surface area (Å²) in [5, 5.41) is 14.6. The lowest BCUT2D eigenvalue weighted by atomic mass is 10.2. The van der Waals surface area contributed by atoms with E-state index < -0.39 is 6.04 Å². The van der Waals surface area contributed by atoms with Gasteiger partial charge < -0.3 is 16.0 Å². The molecule has 0 saturated carbocycles. The zero-order chi connectivity index (χ0) is 20.7. The van der Waals surface area contributed by atoms with Crippen LogP contribution in [0.3, 0.4) is 0 Å². The summed E-state index contributed by atoms with van der Waals surface area (Å²) >= 11 is 3.56. The van der Waals surface area contributed by atoms with Crippen LogP contribution < -0.4 is 16.0 Å². The summed E-state index contributed by atoms with van der Waals surface area (Å²) < 4.78 is 16.1. The molecule has 30 heavy (non-hydrogen) atoms. The molecule has 1 atom stereocenters. The number of carbonyl (C=O) groups excluding carboxylic acids is 1. The number of amides is 1. The number of aromatic nitrogens is 4. The first-order chi connectivity index (χ1) is 14.6. The summed E-state index contributed by atoms with van der Waals surface area (Å²) in [5.41, 5.74) is 1.80. The number of benzene rings is 2. The molecule has 0 radical (unpaired) electrons. The van der Waals surface area contributed by atoms with Gasteiger partial charge in [-0.3, -0.25) is 4.79 Å². The molecule has 1 aliphatic heterocycles. The monoisotopic (exact) mass is 469 g/mol. The Morgan fingerprint density at radius 1 is 1.17 bits per heavy atom. The molecule has 152 valence electrons. The van der Waals surface area contributed by atoms with Crippen molar-refractivity contribution in [3.8, 4) is 11.4 Å². The number of fused-ring (bicyclic) bond motifs is 3. The van der Waals surface area contributed by atoms with E-state index in [9.17, 15) is 9.18 Å². The van der Waals surface area contributed by atoms with E-state index in [4.69, 9.17) is 0 Å². The van der Waals surface area contributed by atoms with E-state index in [0.717, 1.165) is 9.86 Å². The topological polar surface area (TPSA) is 96.2 Å². The Morgan fingerprint density at radius 3 is 2.90 bits per heavy atom. The van der Waals surface area contributed by atoms with Crippen LogP contribution >= 0.6 is 15.9 Å². The van der Waals surface area contributed by atoms with E-state index >= 15 is 0 Å². The van der Waals surface area contributed by atoms with Crippen LogP contribution in [-0.2, 0) is 4.79 Å². The normalized spacial score (nSPS) is 17.1. The van der Waals surface area contributed by atoms with Crippen LogP contribution in [0.5, 0.6) is 0 Å². The van der Waals surface area contributed by atoms with Crippen LogP contribution in [0.25, 0.3) is 27.9 Å². The third kappa shape index (κ3) is 3.37. The van der Waals surface area contributed by atoms with Gasteiger partial charge in [-0.2, -0.15) is 4.52 Å². The maximum atomic E-state index is 13.7. The lowest BCUT2D eigenvalue weighted by Gasteiger charge is -2.16. The maximum absolute atomic E-state index is 13.7. The highest BCUT2D eigenvalue weighted by atomic mass is 79.9. The van der Waals surface area contributed by atoms with Crippen LogP contribution in [-0.4, -0.2) is 51.2 Å². The Hall–Kier alpha value is -3.11. The molecular formula is C20H17BrFN7O. The second-order valence-corrected chi connectivity index (χ2v) is 7.80. The molecule has 3 N–H and O–H groups in total. The quantitative estimate of drug-likeness (QED) is 0.426. The van der Waals surface area contributed by atoms with E-state index in [1.54, 1.807) is 16.6 Å². The van der Waals surface area contributed by atoms with Crippen LogP contribution in [0.4, 0.5) is 10.3 Å². The fraction of sp³-hybridized carbons (Fsp3) is 0.200. The number of rotatable bonds is 3. The molecule has 8 nitrogen and oxygen atoms in total. The number of hydrogen-bond donors (Lipinski definition) is 3. The highest BCUT2D eigenvalue weighted by Gasteiger charge is 2.24. The Labute approximate surface area is 179 Å². The van der Waals surface area contributed by atoms with E-state index in [2.05, 4.69) is 46.9 Å². The van der Waals surface area contributed by atoms with Gasteiger partial charge in [0.05, 0.1) is 10.9 Å². The summed E-state index contributed by atoms with van der Waals surface area (Å²) in [6.45, 7) is 1.72. The van der Waals surface area contributed by atoms with E-state index in [0.29, 0.717) is 48.1 Å². The largest absolute Gasteiger partial charge is 0.353 e. The summed E-state index contributed by atoms with van der Waals surface area (Å²) in [5.74, 6) is 0.269. The summed E-state index contributed by atoms with van der Waals surface area (Å²) in [4.78, 5) is 21.7. The lowest BCUT2D eigenvalue weighted by molar-refractivity contribution is -0.121. The number of carbonyl (C=O) groups is 1. The van der Waals surface area contributed by atoms with Crippen LogP contribution in [0, 0.1) is 5.82 Å². The molecule has 0 bridgehead atoms. The Balaban J connectivity index is 1.70. The molecule has 2 aromatic carbocycles. The first-order valence-corrected chi connectivity index (χ1v) is 10.3. The second kappa shape index (κ2) is 7.62. The highest BCUT2D eigenvalue weighted by molar-refractivity contribution is 9.10. The van der Waals surface area contributed by atoms with Gasteiger partial charge in [0.15, 0.2) is 11.5 Å². The van der Waals surface area contributed by atoms with Crippen molar-refractivity contribution in [1.29, 1.82) is 0 Å². The maximum Gasteiger partial charge on any atom is 0.243 e. The van der Waals surface area contributed by atoms with Crippen molar-refractivity contribution in [3.05, 3.63) is 52.8 Å². The van der Waals surface area contributed by atoms with Crippen LogP contribution in [0.2, 0.25) is 0 Å². The molecule has 0 aliphatic carbocycles. The van der Waals surface area contributed by atoms with Crippen molar-refractivity contribution in [2.24, 2.45) is 0 Å². The molecule has 1 amide bonds. The average Bonchev–Trinajstić information content (AvgIpc) is 3.08. The molecule has 10 heteroatoms.